The number of amides is 1. The van der Waals surface area contributed by atoms with E-state index in [0.717, 1.165) is 65.3 Å². The topological polar surface area (TPSA) is 79.8 Å². The molecule has 1 amide bonds. The second-order valence-electron chi connectivity index (χ2n) is 9.45. The average molecular weight is 460 g/mol. The largest absolute Gasteiger partial charge is 0.481 e. The Morgan fingerprint density at radius 3 is 2.33 bits per heavy atom. The zero-order valence-electron chi connectivity index (χ0n) is 19.6. The number of hydrogen-bond acceptors (Lipinski definition) is 7. The number of carboxylic acids is 1. The molecular weight excluding hydrogens is 422 g/mol. The van der Waals surface area contributed by atoms with Crippen molar-refractivity contribution in [3.63, 3.8) is 0 Å². The summed E-state index contributed by atoms with van der Waals surface area (Å²) in [7, 11) is 1.77. The molecule has 2 atom stereocenters. The van der Waals surface area contributed by atoms with Gasteiger partial charge in [0.05, 0.1) is 13.0 Å². The molecule has 182 valence electrons. The van der Waals surface area contributed by atoms with Crippen LogP contribution in [0.5, 0.6) is 0 Å². The molecule has 9 heteroatoms. The zero-order valence-corrected chi connectivity index (χ0v) is 19.6. The summed E-state index contributed by atoms with van der Waals surface area (Å²) in [5.41, 5.74) is 1.36. The number of rotatable bonds is 9. The first kappa shape index (κ1) is 23.9. The third-order valence-electron chi connectivity index (χ3n) is 7.10. The van der Waals surface area contributed by atoms with Crippen molar-refractivity contribution in [3.8, 4) is 0 Å². The van der Waals surface area contributed by atoms with Crippen molar-refractivity contribution in [2.75, 3.05) is 72.5 Å². The van der Waals surface area contributed by atoms with E-state index >= 15 is 0 Å². The first-order valence-corrected chi connectivity index (χ1v) is 12.1. The van der Waals surface area contributed by atoms with Gasteiger partial charge in [-0.05, 0) is 18.5 Å². The second-order valence-corrected chi connectivity index (χ2v) is 9.45. The number of ether oxygens (including phenoxy) is 1. The van der Waals surface area contributed by atoms with Crippen molar-refractivity contribution in [2.45, 2.75) is 31.7 Å². The highest BCUT2D eigenvalue weighted by Gasteiger charge is 2.39. The minimum atomic E-state index is -0.756. The summed E-state index contributed by atoms with van der Waals surface area (Å²) >= 11 is 0. The molecule has 3 aliphatic rings. The van der Waals surface area contributed by atoms with Gasteiger partial charge in [-0.15, -0.1) is 0 Å². The van der Waals surface area contributed by atoms with E-state index in [1.165, 1.54) is 5.56 Å². The third kappa shape index (κ3) is 6.66. The van der Waals surface area contributed by atoms with Crippen LogP contribution in [0.2, 0.25) is 0 Å². The molecule has 0 aromatic heterocycles. The molecule has 0 aliphatic carbocycles. The van der Waals surface area contributed by atoms with E-state index in [1.807, 2.05) is 0 Å². The van der Waals surface area contributed by atoms with Gasteiger partial charge in [-0.2, -0.15) is 0 Å². The monoisotopic (exact) mass is 459 g/mol. The summed E-state index contributed by atoms with van der Waals surface area (Å²) in [6, 6.07) is 10.9. The van der Waals surface area contributed by atoms with Crippen LogP contribution in [-0.2, 0) is 16.1 Å². The van der Waals surface area contributed by atoms with Gasteiger partial charge >= 0.3 is 12.1 Å². The highest BCUT2D eigenvalue weighted by molar-refractivity contribution is 5.69. The molecule has 1 aromatic carbocycles. The summed E-state index contributed by atoms with van der Waals surface area (Å²) in [4.78, 5) is 34.2. The van der Waals surface area contributed by atoms with Gasteiger partial charge in [-0.25, -0.2) is 4.79 Å². The number of nitrogens with zero attached hydrogens (tertiary/aromatic N) is 5. The van der Waals surface area contributed by atoms with Crippen LogP contribution in [-0.4, -0.2) is 126 Å². The van der Waals surface area contributed by atoms with Gasteiger partial charge in [-0.1, -0.05) is 30.3 Å². The Morgan fingerprint density at radius 1 is 0.970 bits per heavy atom. The lowest BCUT2D eigenvalue weighted by Gasteiger charge is -2.44. The highest BCUT2D eigenvalue weighted by Crippen LogP contribution is 2.22. The molecule has 1 N–H and O–H groups in total. The van der Waals surface area contributed by atoms with E-state index in [4.69, 9.17) is 9.84 Å². The van der Waals surface area contributed by atoms with Crippen molar-refractivity contribution in [2.24, 2.45) is 0 Å². The minimum Gasteiger partial charge on any atom is -0.481 e. The highest BCUT2D eigenvalue weighted by atomic mass is 16.6. The van der Waals surface area contributed by atoms with Crippen LogP contribution in [0.1, 0.15) is 18.4 Å². The van der Waals surface area contributed by atoms with E-state index in [1.54, 1.807) is 11.9 Å². The van der Waals surface area contributed by atoms with Gasteiger partial charge in [0, 0.05) is 72.0 Å². The number of benzene rings is 1. The Morgan fingerprint density at radius 2 is 1.67 bits per heavy atom. The van der Waals surface area contributed by atoms with Gasteiger partial charge in [-0.3, -0.25) is 19.5 Å². The maximum Gasteiger partial charge on any atom is 0.411 e. The van der Waals surface area contributed by atoms with Gasteiger partial charge in [0.15, 0.2) is 6.23 Å². The lowest BCUT2D eigenvalue weighted by atomic mass is 10.1. The number of aliphatic carboxylic acids is 1. The third-order valence-corrected chi connectivity index (χ3v) is 7.10. The number of carbonyl (C=O) groups excluding carboxylic acids is 1. The van der Waals surface area contributed by atoms with Crippen LogP contribution in [0.25, 0.3) is 0 Å². The summed E-state index contributed by atoms with van der Waals surface area (Å²) in [5, 5.41) is 9.07. The van der Waals surface area contributed by atoms with Crippen molar-refractivity contribution >= 4 is 12.1 Å². The Bertz CT molecular complexity index is 786. The molecule has 3 heterocycles. The molecule has 9 nitrogen and oxygen atoms in total. The second kappa shape index (κ2) is 11.3. The molecule has 3 saturated heterocycles. The SMILES string of the molecule is CN1CC(N2CCN(CCC(=O)O)CC2CCN2CCN(Cc3ccccc3)CC2)OC1=O. The fourth-order valence-electron chi connectivity index (χ4n) is 5.10. The predicted molar refractivity (Wildman–Crippen MR) is 125 cm³/mol. The van der Waals surface area contributed by atoms with Crippen molar-refractivity contribution < 1.29 is 19.4 Å². The van der Waals surface area contributed by atoms with Gasteiger partial charge in [0.25, 0.3) is 0 Å². The number of carbonyl (C=O) groups is 2. The van der Waals surface area contributed by atoms with Crippen LogP contribution in [0.3, 0.4) is 0 Å². The first-order valence-electron chi connectivity index (χ1n) is 12.1. The number of carboxylic acid groups (broad SMARTS) is 1. The fourth-order valence-corrected chi connectivity index (χ4v) is 5.10. The average Bonchev–Trinajstić information content (AvgIpc) is 3.16. The summed E-state index contributed by atoms with van der Waals surface area (Å²) < 4.78 is 5.62. The Labute approximate surface area is 196 Å². The van der Waals surface area contributed by atoms with E-state index in [-0.39, 0.29) is 24.8 Å². The van der Waals surface area contributed by atoms with Crippen LogP contribution >= 0.6 is 0 Å². The predicted octanol–water partition coefficient (Wildman–Crippen LogP) is 1.06. The Hall–Kier alpha value is -2.20. The molecule has 0 spiro atoms. The fraction of sp³-hybridized carbons (Fsp3) is 0.667. The lowest BCUT2D eigenvalue weighted by Crippen LogP contribution is -2.58. The Kier molecular flexibility index (Phi) is 8.19. The lowest BCUT2D eigenvalue weighted by molar-refractivity contribution is -0.137. The maximum atomic E-state index is 11.9. The van der Waals surface area contributed by atoms with Crippen LogP contribution in [0.15, 0.2) is 30.3 Å². The molecular formula is C24H37N5O4. The van der Waals surface area contributed by atoms with E-state index < -0.39 is 5.97 Å². The summed E-state index contributed by atoms with van der Waals surface area (Å²) in [6.45, 7) is 9.84. The molecule has 3 fully saturated rings. The Balaban J connectivity index is 1.28. The smallest absolute Gasteiger partial charge is 0.411 e. The van der Waals surface area contributed by atoms with Gasteiger partial charge in [0.2, 0.25) is 0 Å². The van der Waals surface area contributed by atoms with E-state index in [2.05, 4.69) is 49.9 Å². The van der Waals surface area contributed by atoms with Crippen LogP contribution in [0, 0.1) is 0 Å². The van der Waals surface area contributed by atoms with Crippen molar-refractivity contribution in [1.82, 2.24) is 24.5 Å². The van der Waals surface area contributed by atoms with Gasteiger partial charge < -0.3 is 19.6 Å². The molecule has 3 aliphatic heterocycles. The van der Waals surface area contributed by atoms with Crippen LogP contribution < -0.4 is 0 Å². The standard InChI is InChI=1S/C24H37N5O4/c1-25-19-22(33-24(25)32)29-16-15-27(10-8-23(30)31)18-21(29)7-9-26-11-13-28(14-12-26)17-20-5-3-2-4-6-20/h2-6,21-22H,7-19H2,1H3,(H,30,31). The molecule has 2 unspecified atom stereocenters. The molecule has 4 rings (SSSR count). The number of likely N-dealkylation sites (N-methyl/N-ethyl adjacent to an activating group) is 1. The zero-order chi connectivity index (χ0) is 23.2. The maximum absolute atomic E-state index is 11.9. The van der Waals surface area contributed by atoms with Crippen LogP contribution in [0.4, 0.5) is 4.79 Å². The molecule has 0 saturated carbocycles. The minimum absolute atomic E-state index is 0.164. The summed E-state index contributed by atoms with van der Waals surface area (Å²) in [6.07, 6.45) is 0.676. The van der Waals surface area contributed by atoms with Crippen molar-refractivity contribution in [1.29, 1.82) is 0 Å². The molecule has 33 heavy (non-hydrogen) atoms. The number of hydrogen-bond donors (Lipinski definition) is 1. The van der Waals surface area contributed by atoms with E-state index in [9.17, 15) is 9.59 Å². The molecule has 0 radical (unpaired) electrons. The first-order chi connectivity index (χ1) is 16.0. The van der Waals surface area contributed by atoms with Crippen molar-refractivity contribution in [3.05, 3.63) is 35.9 Å². The van der Waals surface area contributed by atoms with Gasteiger partial charge in [0.1, 0.15) is 0 Å². The number of cyclic esters (lactones) is 1. The normalized spacial score (nSPS) is 26.0. The van der Waals surface area contributed by atoms with E-state index in [0.29, 0.717) is 13.1 Å². The quantitative estimate of drug-likeness (QED) is 0.587. The molecule has 0 bridgehead atoms. The number of piperazine rings is 2. The molecule has 1 aromatic rings. The summed E-state index contributed by atoms with van der Waals surface area (Å²) in [5.74, 6) is -0.756.